The minimum Gasteiger partial charge on any atom is -0.351 e. The van der Waals surface area contributed by atoms with E-state index in [4.69, 9.17) is 12.2 Å². The standard InChI is InChI=1S/C26H32N2O2S2/c1-2-17-5-7-18(8-6-17)13-22-24(30)28(25(31)32-22)9-3-4-23(29)27-26-14-19-10-20(15-26)12-21(11-19)16-26/h5-8,13,19-21H,2-4,9-12,14-16H2,1H3,(H,27,29)/b22-13+. The zero-order valence-electron chi connectivity index (χ0n) is 18.8. The van der Waals surface area contributed by atoms with Crippen LogP contribution in [0.15, 0.2) is 29.2 Å². The summed E-state index contributed by atoms with van der Waals surface area (Å²) in [6.45, 7) is 2.63. The molecular formula is C26H32N2O2S2. The van der Waals surface area contributed by atoms with Gasteiger partial charge in [-0.2, -0.15) is 0 Å². The Morgan fingerprint density at radius 1 is 1.16 bits per heavy atom. The monoisotopic (exact) mass is 468 g/mol. The molecule has 4 saturated carbocycles. The molecule has 32 heavy (non-hydrogen) atoms. The third kappa shape index (κ3) is 4.54. The summed E-state index contributed by atoms with van der Waals surface area (Å²) >= 11 is 6.82. The van der Waals surface area contributed by atoms with Crippen LogP contribution in [-0.4, -0.2) is 33.1 Å². The zero-order valence-corrected chi connectivity index (χ0v) is 20.4. The van der Waals surface area contributed by atoms with Crippen LogP contribution in [0.3, 0.4) is 0 Å². The third-order valence-electron chi connectivity index (χ3n) is 7.79. The number of carbonyl (C=O) groups is 2. The van der Waals surface area contributed by atoms with Crippen molar-refractivity contribution in [3.63, 3.8) is 0 Å². The number of thioether (sulfide) groups is 1. The number of nitrogens with one attached hydrogen (secondary N) is 1. The fraction of sp³-hybridized carbons (Fsp3) is 0.577. The fourth-order valence-corrected chi connectivity index (χ4v) is 8.02. The topological polar surface area (TPSA) is 49.4 Å². The van der Waals surface area contributed by atoms with E-state index < -0.39 is 0 Å². The van der Waals surface area contributed by atoms with Crippen LogP contribution >= 0.6 is 24.0 Å². The summed E-state index contributed by atoms with van der Waals surface area (Å²) in [6.07, 6.45) is 11.6. The predicted molar refractivity (Wildman–Crippen MR) is 134 cm³/mol. The van der Waals surface area contributed by atoms with E-state index in [1.54, 1.807) is 4.90 Å². The van der Waals surface area contributed by atoms with Gasteiger partial charge in [-0.3, -0.25) is 14.5 Å². The van der Waals surface area contributed by atoms with Gasteiger partial charge in [-0.15, -0.1) is 0 Å². The van der Waals surface area contributed by atoms with Crippen LogP contribution < -0.4 is 5.32 Å². The van der Waals surface area contributed by atoms with Gasteiger partial charge in [0.15, 0.2) is 0 Å². The number of nitrogens with zero attached hydrogens (tertiary/aromatic N) is 1. The van der Waals surface area contributed by atoms with Gasteiger partial charge in [0.2, 0.25) is 5.91 Å². The first-order valence-corrected chi connectivity index (χ1v) is 13.3. The Balaban J connectivity index is 1.13. The second-order valence-corrected chi connectivity index (χ2v) is 12.0. The molecule has 0 atom stereocenters. The van der Waals surface area contributed by atoms with E-state index in [1.807, 2.05) is 18.2 Å². The van der Waals surface area contributed by atoms with Gasteiger partial charge < -0.3 is 5.32 Å². The predicted octanol–water partition coefficient (Wildman–Crippen LogP) is 5.32. The van der Waals surface area contributed by atoms with Gasteiger partial charge in [0.1, 0.15) is 4.32 Å². The average Bonchev–Trinajstić information content (AvgIpc) is 3.00. The lowest BCUT2D eigenvalue weighted by atomic mass is 9.53. The molecule has 4 nitrogen and oxygen atoms in total. The Hall–Kier alpha value is -1.66. The smallest absolute Gasteiger partial charge is 0.266 e. The number of amides is 2. The zero-order chi connectivity index (χ0) is 22.3. The lowest BCUT2D eigenvalue weighted by Gasteiger charge is -2.56. The van der Waals surface area contributed by atoms with Crippen LogP contribution in [0, 0.1) is 17.8 Å². The van der Waals surface area contributed by atoms with Crippen molar-refractivity contribution in [2.24, 2.45) is 17.8 Å². The normalized spacial score (nSPS) is 32.2. The summed E-state index contributed by atoms with van der Waals surface area (Å²) in [5.74, 6) is 2.56. The van der Waals surface area contributed by atoms with Gasteiger partial charge in [-0.05, 0) is 86.3 Å². The molecule has 0 aromatic heterocycles. The third-order valence-corrected chi connectivity index (χ3v) is 9.17. The van der Waals surface area contributed by atoms with Crippen LogP contribution in [0.4, 0.5) is 0 Å². The van der Waals surface area contributed by atoms with Crippen molar-refractivity contribution >= 4 is 46.2 Å². The lowest BCUT2D eigenvalue weighted by Crippen LogP contribution is -2.59. The maximum Gasteiger partial charge on any atom is 0.266 e. The second-order valence-electron chi connectivity index (χ2n) is 10.3. The highest BCUT2D eigenvalue weighted by atomic mass is 32.2. The number of hydrogen-bond acceptors (Lipinski definition) is 4. The van der Waals surface area contributed by atoms with Crippen molar-refractivity contribution in [1.29, 1.82) is 0 Å². The first kappa shape index (κ1) is 22.1. The van der Waals surface area contributed by atoms with E-state index >= 15 is 0 Å². The molecule has 4 bridgehead atoms. The summed E-state index contributed by atoms with van der Waals surface area (Å²) in [5.41, 5.74) is 2.35. The largest absolute Gasteiger partial charge is 0.351 e. The van der Waals surface area contributed by atoms with E-state index in [1.165, 1.54) is 55.9 Å². The van der Waals surface area contributed by atoms with Crippen LogP contribution in [0.1, 0.15) is 69.4 Å². The number of aryl methyl sites for hydroxylation is 1. The van der Waals surface area contributed by atoms with E-state index in [2.05, 4.69) is 24.4 Å². The quantitative estimate of drug-likeness (QED) is 0.435. The molecule has 1 heterocycles. The van der Waals surface area contributed by atoms with Crippen LogP contribution in [-0.2, 0) is 16.0 Å². The SMILES string of the molecule is CCc1ccc(/C=C2/SC(=S)N(CCCC(=O)NC34CC5CC(CC(C5)C3)C4)C2=O)cc1. The minimum atomic E-state index is -0.0407. The van der Waals surface area contributed by atoms with Gasteiger partial charge in [0.05, 0.1) is 4.91 Å². The van der Waals surface area contributed by atoms with Crippen molar-refractivity contribution < 1.29 is 9.59 Å². The van der Waals surface area contributed by atoms with Crippen molar-refractivity contribution in [1.82, 2.24) is 10.2 Å². The van der Waals surface area contributed by atoms with Gasteiger partial charge in [0.25, 0.3) is 5.91 Å². The number of hydrogen-bond donors (Lipinski definition) is 1. The summed E-state index contributed by atoms with van der Waals surface area (Å²) in [7, 11) is 0. The Kier molecular flexibility index (Phi) is 6.19. The molecule has 6 rings (SSSR count). The van der Waals surface area contributed by atoms with Gasteiger partial charge >= 0.3 is 0 Å². The minimum absolute atomic E-state index is 0.0407. The first-order chi connectivity index (χ1) is 15.4. The molecule has 0 spiro atoms. The molecular weight excluding hydrogens is 436 g/mol. The molecule has 1 N–H and O–H groups in total. The highest BCUT2D eigenvalue weighted by molar-refractivity contribution is 8.26. The van der Waals surface area contributed by atoms with Crippen molar-refractivity contribution in [2.45, 2.75) is 70.3 Å². The number of thiocarbonyl (C=S) groups is 1. The second kappa shape index (κ2) is 8.94. The molecule has 1 saturated heterocycles. The maximum absolute atomic E-state index is 12.9. The molecule has 5 fully saturated rings. The van der Waals surface area contributed by atoms with Gasteiger partial charge in [-0.1, -0.05) is 55.2 Å². The summed E-state index contributed by atoms with van der Waals surface area (Å²) < 4.78 is 0.591. The summed E-state index contributed by atoms with van der Waals surface area (Å²) in [5, 5.41) is 3.43. The fourth-order valence-electron chi connectivity index (χ4n) is 6.71. The lowest BCUT2D eigenvalue weighted by molar-refractivity contribution is -0.127. The highest BCUT2D eigenvalue weighted by Gasteiger charge is 2.51. The molecule has 5 aliphatic rings. The average molecular weight is 469 g/mol. The van der Waals surface area contributed by atoms with E-state index in [0.29, 0.717) is 28.6 Å². The molecule has 0 unspecified atom stereocenters. The number of carbonyl (C=O) groups excluding carboxylic acids is 2. The Morgan fingerprint density at radius 2 is 1.78 bits per heavy atom. The Morgan fingerprint density at radius 3 is 2.38 bits per heavy atom. The van der Waals surface area contributed by atoms with E-state index in [9.17, 15) is 9.59 Å². The van der Waals surface area contributed by atoms with Gasteiger partial charge in [-0.25, -0.2) is 0 Å². The summed E-state index contributed by atoms with van der Waals surface area (Å²) in [6, 6.07) is 8.27. The Bertz CT molecular complexity index is 918. The van der Waals surface area contributed by atoms with Crippen LogP contribution in [0.25, 0.3) is 6.08 Å². The van der Waals surface area contributed by atoms with E-state index in [-0.39, 0.29) is 17.4 Å². The molecule has 1 aromatic carbocycles. The van der Waals surface area contributed by atoms with Crippen LogP contribution in [0.2, 0.25) is 0 Å². The molecule has 4 aliphatic carbocycles. The molecule has 170 valence electrons. The number of rotatable bonds is 7. The Labute approximate surface area is 200 Å². The number of benzene rings is 1. The molecule has 0 radical (unpaired) electrons. The highest BCUT2D eigenvalue weighted by Crippen LogP contribution is 2.55. The van der Waals surface area contributed by atoms with Crippen molar-refractivity contribution in [3.8, 4) is 0 Å². The molecule has 6 heteroatoms. The molecule has 1 aliphatic heterocycles. The van der Waals surface area contributed by atoms with Crippen LogP contribution in [0.5, 0.6) is 0 Å². The summed E-state index contributed by atoms with van der Waals surface area (Å²) in [4.78, 5) is 27.9. The van der Waals surface area contributed by atoms with Crippen molar-refractivity contribution in [3.05, 3.63) is 40.3 Å². The van der Waals surface area contributed by atoms with Crippen molar-refractivity contribution in [2.75, 3.05) is 6.54 Å². The van der Waals surface area contributed by atoms with E-state index in [0.717, 1.165) is 29.7 Å². The molecule has 2 amide bonds. The maximum atomic E-state index is 12.9. The first-order valence-electron chi connectivity index (χ1n) is 12.1. The van der Waals surface area contributed by atoms with Gasteiger partial charge in [0, 0.05) is 18.5 Å². The molecule has 1 aromatic rings.